The molecule has 0 saturated carbocycles. The molecule has 0 unspecified atom stereocenters. The Kier molecular flexibility index (Phi) is 5.32. The average molecular weight is 399 g/mol. The van der Waals surface area contributed by atoms with E-state index in [0.29, 0.717) is 50.1 Å². The summed E-state index contributed by atoms with van der Waals surface area (Å²) in [4.78, 5) is 27.6. The first-order valence-corrected chi connectivity index (χ1v) is 9.35. The number of fused-ring (bicyclic) bond motifs is 1. The van der Waals surface area contributed by atoms with E-state index in [1.807, 2.05) is 18.2 Å². The molecule has 1 aromatic heterocycles. The fourth-order valence-corrected chi connectivity index (χ4v) is 3.10. The summed E-state index contributed by atoms with van der Waals surface area (Å²) in [5.74, 6) is 1.66. The lowest BCUT2D eigenvalue weighted by Gasteiger charge is -2.33. The molecule has 0 aliphatic carbocycles. The SMILES string of the molecule is CCOC(=O)N1CCN(C(=O)c2ccc(Nc3ccc4c(c3)OCO4)nn2)CC1. The molecule has 2 aromatic rings. The second kappa shape index (κ2) is 8.21. The number of amides is 2. The third-order valence-electron chi connectivity index (χ3n) is 4.62. The Hall–Kier alpha value is -3.56. The smallest absolute Gasteiger partial charge is 0.409 e. The summed E-state index contributed by atoms with van der Waals surface area (Å²) in [6.45, 7) is 4.03. The van der Waals surface area contributed by atoms with Gasteiger partial charge < -0.3 is 29.3 Å². The van der Waals surface area contributed by atoms with Gasteiger partial charge in [-0.15, -0.1) is 10.2 Å². The van der Waals surface area contributed by atoms with Crippen LogP contribution in [-0.4, -0.2) is 71.6 Å². The monoisotopic (exact) mass is 399 g/mol. The van der Waals surface area contributed by atoms with Crippen LogP contribution in [0.25, 0.3) is 0 Å². The maximum absolute atomic E-state index is 12.6. The zero-order valence-electron chi connectivity index (χ0n) is 16.0. The van der Waals surface area contributed by atoms with Gasteiger partial charge in [-0.1, -0.05) is 0 Å². The zero-order chi connectivity index (χ0) is 20.2. The van der Waals surface area contributed by atoms with Crippen LogP contribution >= 0.6 is 0 Å². The van der Waals surface area contributed by atoms with Crippen molar-refractivity contribution in [2.45, 2.75) is 6.92 Å². The minimum Gasteiger partial charge on any atom is -0.454 e. The minimum atomic E-state index is -0.349. The number of ether oxygens (including phenoxy) is 3. The average Bonchev–Trinajstić information content (AvgIpc) is 3.22. The number of aromatic nitrogens is 2. The first-order valence-electron chi connectivity index (χ1n) is 9.35. The number of nitrogens with zero attached hydrogens (tertiary/aromatic N) is 4. The Balaban J connectivity index is 1.34. The normalized spacial score (nSPS) is 15.2. The van der Waals surface area contributed by atoms with Crippen molar-refractivity contribution in [1.82, 2.24) is 20.0 Å². The predicted octanol–water partition coefficient (Wildman–Crippen LogP) is 1.86. The molecule has 0 spiro atoms. The van der Waals surface area contributed by atoms with Gasteiger partial charge in [0.1, 0.15) is 0 Å². The molecule has 2 aliphatic rings. The van der Waals surface area contributed by atoms with Crippen LogP contribution in [-0.2, 0) is 4.74 Å². The molecule has 1 aromatic carbocycles. The Morgan fingerprint density at radius 3 is 2.52 bits per heavy atom. The van der Waals surface area contributed by atoms with E-state index in [-0.39, 0.29) is 24.5 Å². The van der Waals surface area contributed by atoms with Crippen molar-refractivity contribution in [2.75, 3.05) is 44.9 Å². The molecule has 1 N–H and O–H groups in total. The number of benzene rings is 1. The Morgan fingerprint density at radius 2 is 1.79 bits per heavy atom. The maximum Gasteiger partial charge on any atom is 0.409 e. The Labute approximate surface area is 167 Å². The number of hydrogen-bond donors (Lipinski definition) is 1. The molecule has 2 aliphatic heterocycles. The van der Waals surface area contributed by atoms with E-state index in [1.54, 1.807) is 28.9 Å². The third kappa shape index (κ3) is 4.15. The molecule has 2 amide bonds. The van der Waals surface area contributed by atoms with Crippen molar-refractivity contribution >= 4 is 23.5 Å². The minimum absolute atomic E-state index is 0.212. The number of nitrogens with one attached hydrogen (secondary N) is 1. The summed E-state index contributed by atoms with van der Waals surface area (Å²) in [6, 6.07) is 8.79. The fourth-order valence-electron chi connectivity index (χ4n) is 3.10. The molecule has 152 valence electrons. The lowest BCUT2D eigenvalue weighted by atomic mass is 10.2. The summed E-state index contributed by atoms with van der Waals surface area (Å²) in [7, 11) is 0. The molecule has 10 nitrogen and oxygen atoms in total. The quantitative estimate of drug-likeness (QED) is 0.830. The van der Waals surface area contributed by atoms with E-state index < -0.39 is 0 Å². The van der Waals surface area contributed by atoms with Crippen LogP contribution in [0.4, 0.5) is 16.3 Å². The van der Waals surface area contributed by atoms with Crippen LogP contribution in [0.2, 0.25) is 0 Å². The van der Waals surface area contributed by atoms with Gasteiger partial charge in [0.05, 0.1) is 6.61 Å². The lowest BCUT2D eigenvalue weighted by Crippen LogP contribution is -2.50. The molecule has 4 rings (SSSR count). The molecule has 1 fully saturated rings. The molecule has 0 radical (unpaired) electrons. The summed E-state index contributed by atoms with van der Waals surface area (Å²) in [5.41, 5.74) is 1.03. The summed E-state index contributed by atoms with van der Waals surface area (Å²) >= 11 is 0. The molecule has 29 heavy (non-hydrogen) atoms. The number of rotatable bonds is 4. The molecular weight excluding hydrogens is 378 g/mol. The second-order valence-corrected chi connectivity index (χ2v) is 6.48. The highest BCUT2D eigenvalue weighted by atomic mass is 16.7. The molecular formula is C19H21N5O5. The van der Waals surface area contributed by atoms with Crippen molar-refractivity contribution in [3.8, 4) is 11.5 Å². The highest BCUT2D eigenvalue weighted by Crippen LogP contribution is 2.34. The van der Waals surface area contributed by atoms with Gasteiger partial charge in [-0.25, -0.2) is 4.79 Å². The van der Waals surface area contributed by atoms with Crippen LogP contribution in [0, 0.1) is 0 Å². The standard InChI is InChI=1S/C19H21N5O5/c1-2-27-19(26)24-9-7-23(8-10-24)18(25)14-4-6-17(22-21-14)20-13-3-5-15-16(11-13)29-12-28-15/h3-6,11H,2,7-10,12H2,1H3,(H,20,22). The molecule has 1 saturated heterocycles. The maximum atomic E-state index is 12.6. The van der Waals surface area contributed by atoms with E-state index in [0.717, 1.165) is 5.69 Å². The van der Waals surface area contributed by atoms with Crippen LogP contribution in [0.3, 0.4) is 0 Å². The first kappa shape index (κ1) is 18.8. The van der Waals surface area contributed by atoms with Gasteiger partial charge in [-0.3, -0.25) is 4.79 Å². The van der Waals surface area contributed by atoms with Gasteiger partial charge in [-0.05, 0) is 31.2 Å². The van der Waals surface area contributed by atoms with E-state index in [4.69, 9.17) is 14.2 Å². The summed E-state index contributed by atoms with van der Waals surface area (Å²) in [5, 5.41) is 11.2. The predicted molar refractivity (Wildman–Crippen MR) is 102 cm³/mol. The largest absolute Gasteiger partial charge is 0.454 e. The van der Waals surface area contributed by atoms with E-state index in [1.165, 1.54) is 0 Å². The van der Waals surface area contributed by atoms with Crippen LogP contribution < -0.4 is 14.8 Å². The topological polar surface area (TPSA) is 106 Å². The Morgan fingerprint density at radius 1 is 1.03 bits per heavy atom. The van der Waals surface area contributed by atoms with Gasteiger partial charge in [0.15, 0.2) is 23.0 Å². The lowest BCUT2D eigenvalue weighted by molar-refractivity contribution is 0.0565. The number of anilines is 2. The zero-order valence-corrected chi connectivity index (χ0v) is 16.0. The highest BCUT2D eigenvalue weighted by Gasteiger charge is 2.26. The van der Waals surface area contributed by atoms with Crippen LogP contribution in [0.5, 0.6) is 11.5 Å². The number of carbonyl (C=O) groups is 2. The molecule has 0 atom stereocenters. The number of carbonyl (C=O) groups excluding carboxylic acids is 2. The summed E-state index contributed by atoms with van der Waals surface area (Å²) in [6.07, 6.45) is -0.349. The van der Waals surface area contributed by atoms with Crippen molar-refractivity contribution in [2.24, 2.45) is 0 Å². The van der Waals surface area contributed by atoms with Gasteiger partial charge in [0.25, 0.3) is 5.91 Å². The number of piperazine rings is 1. The third-order valence-corrected chi connectivity index (χ3v) is 4.62. The van der Waals surface area contributed by atoms with Crippen molar-refractivity contribution < 1.29 is 23.8 Å². The fraction of sp³-hybridized carbons (Fsp3) is 0.368. The molecule has 10 heteroatoms. The second-order valence-electron chi connectivity index (χ2n) is 6.48. The van der Waals surface area contributed by atoms with Crippen molar-refractivity contribution in [3.63, 3.8) is 0 Å². The van der Waals surface area contributed by atoms with Crippen molar-refractivity contribution in [3.05, 3.63) is 36.0 Å². The Bertz CT molecular complexity index is 896. The van der Waals surface area contributed by atoms with Gasteiger partial charge in [0.2, 0.25) is 6.79 Å². The highest BCUT2D eigenvalue weighted by molar-refractivity contribution is 5.92. The van der Waals surface area contributed by atoms with Crippen LogP contribution in [0.15, 0.2) is 30.3 Å². The van der Waals surface area contributed by atoms with Crippen molar-refractivity contribution in [1.29, 1.82) is 0 Å². The van der Waals surface area contributed by atoms with E-state index in [2.05, 4.69) is 15.5 Å². The van der Waals surface area contributed by atoms with Gasteiger partial charge in [0, 0.05) is 37.9 Å². The van der Waals surface area contributed by atoms with E-state index >= 15 is 0 Å². The van der Waals surface area contributed by atoms with E-state index in [9.17, 15) is 9.59 Å². The molecule has 0 bridgehead atoms. The van der Waals surface area contributed by atoms with Gasteiger partial charge in [-0.2, -0.15) is 0 Å². The molecule has 3 heterocycles. The van der Waals surface area contributed by atoms with Gasteiger partial charge >= 0.3 is 6.09 Å². The first-order chi connectivity index (χ1) is 14.1. The summed E-state index contributed by atoms with van der Waals surface area (Å²) < 4.78 is 15.6. The number of hydrogen-bond acceptors (Lipinski definition) is 8. The van der Waals surface area contributed by atoms with Crippen LogP contribution in [0.1, 0.15) is 17.4 Å².